The highest BCUT2D eigenvalue weighted by Crippen LogP contribution is 2.31. The van der Waals surface area contributed by atoms with Gasteiger partial charge in [0.1, 0.15) is 6.04 Å². The van der Waals surface area contributed by atoms with E-state index in [-0.39, 0.29) is 23.8 Å². The third-order valence-corrected chi connectivity index (χ3v) is 5.52. The Balaban J connectivity index is 1.85. The Kier molecular flexibility index (Phi) is 5.54. The molecule has 1 fully saturated rings. The largest absolute Gasteiger partial charge is 0.381 e. The molecule has 0 saturated carbocycles. The number of hydrogen-bond acceptors (Lipinski definition) is 6. The molecule has 0 aromatic carbocycles. The predicted molar refractivity (Wildman–Crippen MR) is 95.9 cm³/mol. The van der Waals surface area contributed by atoms with Crippen LogP contribution in [0.25, 0.3) is 0 Å². The first-order valence-electron chi connectivity index (χ1n) is 8.75. The standard InChI is InChI=1S/C18H25N3O3S/c1-10(2)16-20-18(24-21-16)15(13-5-7-23-8-6-13)19-17(22)14-9-11(3)25-12(14)4/h9-10,13,15H,5-8H2,1-4H3,(H,19,22)/t15-/m1/s1. The summed E-state index contributed by atoms with van der Waals surface area (Å²) in [6, 6.07) is 1.65. The number of rotatable bonds is 5. The normalized spacial score (nSPS) is 17.0. The maximum absolute atomic E-state index is 12.8. The van der Waals surface area contributed by atoms with Crippen LogP contribution >= 0.6 is 11.3 Å². The van der Waals surface area contributed by atoms with Gasteiger partial charge in [-0.05, 0) is 38.7 Å². The van der Waals surface area contributed by atoms with Gasteiger partial charge in [-0.25, -0.2) is 0 Å². The highest BCUT2D eigenvalue weighted by molar-refractivity contribution is 7.12. The number of carbonyl (C=O) groups is 1. The fraction of sp³-hybridized carbons (Fsp3) is 0.611. The van der Waals surface area contributed by atoms with Crippen LogP contribution in [0.15, 0.2) is 10.6 Å². The molecule has 25 heavy (non-hydrogen) atoms. The van der Waals surface area contributed by atoms with Gasteiger partial charge in [-0.1, -0.05) is 19.0 Å². The van der Waals surface area contributed by atoms with E-state index in [1.165, 1.54) is 0 Å². The Bertz CT molecular complexity index is 732. The van der Waals surface area contributed by atoms with Crippen LogP contribution in [0.2, 0.25) is 0 Å². The van der Waals surface area contributed by atoms with Gasteiger partial charge < -0.3 is 14.6 Å². The lowest BCUT2D eigenvalue weighted by Gasteiger charge is -2.28. The Hall–Kier alpha value is -1.73. The number of aryl methyl sites for hydroxylation is 2. The van der Waals surface area contributed by atoms with Gasteiger partial charge in [0.25, 0.3) is 5.91 Å². The number of amides is 1. The zero-order valence-electron chi connectivity index (χ0n) is 15.2. The van der Waals surface area contributed by atoms with Crippen molar-refractivity contribution in [2.75, 3.05) is 13.2 Å². The molecule has 1 amide bonds. The van der Waals surface area contributed by atoms with Crippen LogP contribution in [0.3, 0.4) is 0 Å². The van der Waals surface area contributed by atoms with Gasteiger partial charge in [0.2, 0.25) is 5.89 Å². The molecule has 2 aromatic heterocycles. The molecule has 3 heterocycles. The van der Waals surface area contributed by atoms with Crippen LogP contribution in [0.1, 0.15) is 70.5 Å². The number of aromatic nitrogens is 2. The summed E-state index contributed by atoms with van der Waals surface area (Å²) in [5.41, 5.74) is 0.725. The summed E-state index contributed by atoms with van der Waals surface area (Å²) in [4.78, 5) is 19.5. The van der Waals surface area contributed by atoms with Crippen molar-refractivity contribution in [1.82, 2.24) is 15.5 Å². The van der Waals surface area contributed by atoms with E-state index in [4.69, 9.17) is 9.26 Å². The minimum atomic E-state index is -0.281. The molecular weight excluding hydrogens is 338 g/mol. The fourth-order valence-electron chi connectivity index (χ4n) is 3.11. The smallest absolute Gasteiger partial charge is 0.253 e. The van der Waals surface area contributed by atoms with Gasteiger partial charge in [-0.2, -0.15) is 4.98 Å². The zero-order valence-corrected chi connectivity index (χ0v) is 16.0. The molecule has 1 aliphatic heterocycles. The first kappa shape index (κ1) is 18.1. The molecule has 0 radical (unpaired) electrons. The molecule has 0 spiro atoms. The minimum absolute atomic E-state index is 0.0809. The van der Waals surface area contributed by atoms with E-state index < -0.39 is 0 Å². The van der Waals surface area contributed by atoms with Crippen molar-refractivity contribution in [3.05, 3.63) is 33.1 Å². The second-order valence-corrected chi connectivity index (χ2v) is 8.33. The summed E-state index contributed by atoms with van der Waals surface area (Å²) >= 11 is 1.63. The predicted octanol–water partition coefficient (Wildman–Crippen LogP) is 3.77. The summed E-state index contributed by atoms with van der Waals surface area (Å²) in [5, 5.41) is 7.21. The quantitative estimate of drug-likeness (QED) is 0.875. The lowest BCUT2D eigenvalue weighted by molar-refractivity contribution is 0.0467. The lowest BCUT2D eigenvalue weighted by Crippen LogP contribution is -2.36. The van der Waals surface area contributed by atoms with Crippen LogP contribution in [0.5, 0.6) is 0 Å². The second-order valence-electron chi connectivity index (χ2n) is 6.87. The number of ether oxygens (including phenoxy) is 1. The zero-order chi connectivity index (χ0) is 18.0. The minimum Gasteiger partial charge on any atom is -0.381 e. The molecule has 0 aliphatic carbocycles. The average molecular weight is 363 g/mol. The van der Waals surface area contributed by atoms with Gasteiger partial charge in [0, 0.05) is 28.9 Å². The lowest BCUT2D eigenvalue weighted by atomic mass is 9.91. The average Bonchev–Trinajstić information content (AvgIpc) is 3.20. The van der Waals surface area contributed by atoms with Gasteiger partial charge in [0.15, 0.2) is 5.82 Å². The van der Waals surface area contributed by atoms with E-state index in [2.05, 4.69) is 15.5 Å². The third kappa shape index (κ3) is 4.10. The number of hydrogen-bond donors (Lipinski definition) is 1. The molecule has 7 heteroatoms. The molecule has 0 unspecified atom stereocenters. The highest BCUT2D eigenvalue weighted by Gasteiger charge is 2.32. The highest BCUT2D eigenvalue weighted by atomic mass is 32.1. The van der Waals surface area contributed by atoms with Crippen LogP contribution in [-0.4, -0.2) is 29.3 Å². The molecule has 1 N–H and O–H groups in total. The maximum atomic E-state index is 12.8. The summed E-state index contributed by atoms with van der Waals surface area (Å²) in [5.74, 6) is 1.50. The van der Waals surface area contributed by atoms with Gasteiger partial charge in [0.05, 0.1) is 5.56 Å². The third-order valence-electron chi connectivity index (χ3n) is 4.55. The van der Waals surface area contributed by atoms with Crippen LogP contribution < -0.4 is 5.32 Å². The van der Waals surface area contributed by atoms with Crippen molar-refractivity contribution in [2.24, 2.45) is 5.92 Å². The molecule has 2 aromatic rings. The number of nitrogens with one attached hydrogen (secondary N) is 1. The summed E-state index contributed by atoms with van der Waals surface area (Å²) in [6.45, 7) is 9.41. The van der Waals surface area contributed by atoms with Crippen LogP contribution in [-0.2, 0) is 4.74 Å². The van der Waals surface area contributed by atoms with Crippen molar-refractivity contribution in [2.45, 2.75) is 52.5 Å². The van der Waals surface area contributed by atoms with Crippen molar-refractivity contribution in [1.29, 1.82) is 0 Å². The Morgan fingerprint density at radius 3 is 2.60 bits per heavy atom. The molecule has 6 nitrogen and oxygen atoms in total. The monoisotopic (exact) mass is 363 g/mol. The molecule has 3 rings (SSSR count). The summed E-state index contributed by atoms with van der Waals surface area (Å²) in [7, 11) is 0. The SMILES string of the molecule is Cc1cc(C(=O)N[C@@H](c2nc(C(C)C)no2)C2CCOCC2)c(C)s1. The number of thiophene rings is 1. The van der Waals surface area contributed by atoms with Crippen molar-refractivity contribution in [3.63, 3.8) is 0 Å². The van der Waals surface area contributed by atoms with Crippen molar-refractivity contribution < 1.29 is 14.1 Å². The van der Waals surface area contributed by atoms with Gasteiger partial charge >= 0.3 is 0 Å². The van der Waals surface area contributed by atoms with Crippen LogP contribution in [0.4, 0.5) is 0 Å². The topological polar surface area (TPSA) is 77.3 Å². The number of carbonyl (C=O) groups excluding carboxylic acids is 1. The van der Waals surface area contributed by atoms with Crippen molar-refractivity contribution in [3.8, 4) is 0 Å². The second kappa shape index (κ2) is 7.66. The Morgan fingerprint density at radius 2 is 2.04 bits per heavy atom. The molecule has 1 aliphatic rings. The fourth-order valence-corrected chi connectivity index (χ4v) is 4.04. The molecule has 1 saturated heterocycles. The van der Waals surface area contributed by atoms with E-state index in [0.29, 0.717) is 24.9 Å². The maximum Gasteiger partial charge on any atom is 0.253 e. The van der Waals surface area contributed by atoms with E-state index in [9.17, 15) is 4.79 Å². The van der Waals surface area contributed by atoms with E-state index in [1.54, 1.807) is 11.3 Å². The molecular formula is C18H25N3O3S. The first-order valence-corrected chi connectivity index (χ1v) is 9.56. The summed E-state index contributed by atoms with van der Waals surface area (Å²) in [6.07, 6.45) is 1.73. The molecule has 1 atom stereocenters. The van der Waals surface area contributed by atoms with E-state index >= 15 is 0 Å². The van der Waals surface area contributed by atoms with E-state index in [1.807, 2.05) is 33.8 Å². The van der Waals surface area contributed by atoms with Crippen molar-refractivity contribution >= 4 is 17.2 Å². The van der Waals surface area contributed by atoms with Gasteiger partial charge in [-0.15, -0.1) is 11.3 Å². The van der Waals surface area contributed by atoms with Crippen LogP contribution in [0, 0.1) is 19.8 Å². The van der Waals surface area contributed by atoms with E-state index in [0.717, 1.165) is 28.2 Å². The molecule has 0 bridgehead atoms. The van der Waals surface area contributed by atoms with Gasteiger partial charge in [-0.3, -0.25) is 4.79 Å². The first-order chi connectivity index (χ1) is 12.0. The number of nitrogens with zero attached hydrogens (tertiary/aromatic N) is 2. The Labute approximate surface area is 152 Å². The summed E-state index contributed by atoms with van der Waals surface area (Å²) < 4.78 is 11.0. The Morgan fingerprint density at radius 1 is 1.32 bits per heavy atom. The molecule has 136 valence electrons.